The van der Waals surface area contributed by atoms with Crippen molar-refractivity contribution in [3.8, 4) is 5.75 Å². The van der Waals surface area contributed by atoms with E-state index in [-0.39, 0.29) is 5.92 Å². The molecule has 0 spiro atoms. The highest BCUT2D eigenvalue weighted by molar-refractivity contribution is 5.80. The van der Waals surface area contributed by atoms with Crippen LogP contribution in [-0.4, -0.2) is 40.6 Å². The summed E-state index contributed by atoms with van der Waals surface area (Å²) in [4.78, 5) is 20.2. The lowest BCUT2D eigenvalue weighted by molar-refractivity contribution is -0.137. The Hall–Kier alpha value is -3.08. The molecule has 0 saturated carbocycles. The molecular formula is C30H37N3O2. The Labute approximate surface area is 209 Å². The van der Waals surface area contributed by atoms with E-state index in [4.69, 9.17) is 9.72 Å². The fraction of sp³-hybridized carbons (Fsp3) is 0.467. The molecule has 35 heavy (non-hydrogen) atoms. The number of carbonyl (C=O) groups is 1. The number of benzene rings is 2. The van der Waals surface area contributed by atoms with Crippen molar-refractivity contribution in [2.75, 3.05) is 20.2 Å². The van der Waals surface area contributed by atoms with E-state index >= 15 is 0 Å². The van der Waals surface area contributed by atoms with Gasteiger partial charge in [0.05, 0.1) is 7.11 Å². The van der Waals surface area contributed by atoms with E-state index in [1.807, 2.05) is 12.3 Å². The van der Waals surface area contributed by atoms with Crippen molar-refractivity contribution in [1.29, 1.82) is 0 Å². The molecule has 184 valence electrons. The quantitative estimate of drug-likeness (QED) is 0.472. The molecule has 3 aromatic rings. The molecule has 0 N–H and O–H groups in total. The average Bonchev–Trinajstić information content (AvgIpc) is 3.36. The molecule has 1 amide bonds. The lowest BCUT2D eigenvalue weighted by Gasteiger charge is -2.35. The first-order chi connectivity index (χ1) is 17.0. The number of hydrogen-bond donors (Lipinski definition) is 0. The van der Waals surface area contributed by atoms with Crippen LogP contribution >= 0.6 is 0 Å². The standard InChI is InChI=1S/C30H37N3O2/c1-21(2)23-9-7-22(8-10-23)20-33-18-15-31-29(33)25-13-16-32(17-14-25)30(34)26-12-11-24-5-4-6-28(35-3)27(24)19-26/h4-10,15,18,21,25-26H,11-14,16-17,19-20H2,1-3H3. The second-order valence-corrected chi connectivity index (χ2v) is 10.4. The number of likely N-dealkylation sites (tertiary alicyclic amines) is 1. The van der Waals surface area contributed by atoms with E-state index in [1.54, 1.807) is 7.11 Å². The Kier molecular flexibility index (Phi) is 6.94. The van der Waals surface area contributed by atoms with Crippen molar-refractivity contribution in [3.05, 3.63) is 82.9 Å². The number of carbonyl (C=O) groups excluding carboxylic acids is 1. The molecule has 1 atom stereocenters. The fourth-order valence-corrected chi connectivity index (χ4v) is 5.79. The van der Waals surface area contributed by atoms with Crippen LogP contribution in [0, 0.1) is 5.92 Å². The van der Waals surface area contributed by atoms with Gasteiger partial charge in [0.2, 0.25) is 5.91 Å². The van der Waals surface area contributed by atoms with Gasteiger partial charge >= 0.3 is 0 Å². The normalized spacial score (nSPS) is 18.5. The predicted molar refractivity (Wildman–Crippen MR) is 139 cm³/mol. The van der Waals surface area contributed by atoms with Gasteiger partial charge in [-0.05, 0) is 66.3 Å². The van der Waals surface area contributed by atoms with Crippen LogP contribution in [0.4, 0.5) is 0 Å². The zero-order valence-corrected chi connectivity index (χ0v) is 21.2. The second-order valence-electron chi connectivity index (χ2n) is 10.4. The smallest absolute Gasteiger partial charge is 0.226 e. The van der Waals surface area contributed by atoms with Crippen LogP contribution in [0.3, 0.4) is 0 Å². The third-order valence-electron chi connectivity index (χ3n) is 7.93. The van der Waals surface area contributed by atoms with Gasteiger partial charge in [0.1, 0.15) is 11.6 Å². The third-order valence-corrected chi connectivity index (χ3v) is 7.93. The van der Waals surface area contributed by atoms with Crippen LogP contribution in [0.15, 0.2) is 54.9 Å². The summed E-state index contributed by atoms with van der Waals surface area (Å²) in [6.07, 6.45) is 8.63. The molecule has 0 radical (unpaired) electrons. The molecule has 1 aromatic heterocycles. The van der Waals surface area contributed by atoms with Gasteiger partial charge in [0.25, 0.3) is 0 Å². The predicted octanol–water partition coefficient (Wildman–Crippen LogP) is 5.57. The summed E-state index contributed by atoms with van der Waals surface area (Å²) in [5, 5.41) is 0. The monoisotopic (exact) mass is 471 g/mol. The fourth-order valence-electron chi connectivity index (χ4n) is 5.79. The number of nitrogens with zero attached hydrogens (tertiary/aromatic N) is 3. The van der Waals surface area contributed by atoms with Crippen molar-refractivity contribution in [2.24, 2.45) is 5.92 Å². The van der Waals surface area contributed by atoms with Gasteiger partial charge in [-0.25, -0.2) is 4.98 Å². The Bertz CT molecular complexity index is 1140. The highest BCUT2D eigenvalue weighted by Gasteiger charge is 2.33. The molecule has 1 unspecified atom stereocenters. The van der Waals surface area contributed by atoms with Gasteiger partial charge in [0, 0.05) is 43.9 Å². The maximum absolute atomic E-state index is 13.4. The summed E-state index contributed by atoms with van der Waals surface area (Å²) in [6.45, 7) is 6.92. The first-order valence-corrected chi connectivity index (χ1v) is 13.1. The largest absolute Gasteiger partial charge is 0.496 e. The van der Waals surface area contributed by atoms with Gasteiger partial charge in [-0.2, -0.15) is 0 Å². The number of imidazole rings is 1. The van der Waals surface area contributed by atoms with E-state index in [9.17, 15) is 4.79 Å². The second kappa shape index (κ2) is 10.3. The molecule has 1 aliphatic carbocycles. The van der Waals surface area contributed by atoms with E-state index in [1.165, 1.54) is 22.3 Å². The number of rotatable bonds is 6. The van der Waals surface area contributed by atoms with Crippen LogP contribution in [0.2, 0.25) is 0 Å². The van der Waals surface area contributed by atoms with Gasteiger partial charge in [-0.1, -0.05) is 50.2 Å². The average molecular weight is 472 g/mol. The van der Waals surface area contributed by atoms with E-state index in [0.717, 1.165) is 63.3 Å². The van der Waals surface area contributed by atoms with Crippen LogP contribution < -0.4 is 4.74 Å². The molecule has 1 aliphatic heterocycles. The number of fused-ring (bicyclic) bond motifs is 1. The molecule has 5 nitrogen and oxygen atoms in total. The number of piperidine rings is 1. The summed E-state index contributed by atoms with van der Waals surface area (Å²) in [7, 11) is 1.72. The van der Waals surface area contributed by atoms with Gasteiger partial charge in [-0.15, -0.1) is 0 Å². The first kappa shape index (κ1) is 23.7. The van der Waals surface area contributed by atoms with Crippen LogP contribution in [0.25, 0.3) is 0 Å². The van der Waals surface area contributed by atoms with Crippen molar-refractivity contribution >= 4 is 5.91 Å². The minimum atomic E-state index is 0.0612. The van der Waals surface area contributed by atoms with Crippen molar-refractivity contribution in [1.82, 2.24) is 14.5 Å². The molecule has 5 rings (SSSR count). The van der Waals surface area contributed by atoms with Crippen LogP contribution in [0.5, 0.6) is 5.75 Å². The molecule has 2 aromatic carbocycles. The Morgan fingerprint density at radius 1 is 1.09 bits per heavy atom. The Morgan fingerprint density at radius 3 is 2.57 bits per heavy atom. The molecule has 2 aliphatic rings. The van der Waals surface area contributed by atoms with E-state index in [2.05, 4.69) is 65.9 Å². The van der Waals surface area contributed by atoms with Crippen molar-refractivity contribution < 1.29 is 9.53 Å². The van der Waals surface area contributed by atoms with E-state index in [0.29, 0.717) is 17.7 Å². The maximum Gasteiger partial charge on any atom is 0.226 e. The Morgan fingerprint density at radius 2 is 1.86 bits per heavy atom. The third kappa shape index (κ3) is 5.00. The van der Waals surface area contributed by atoms with Gasteiger partial charge in [-0.3, -0.25) is 4.79 Å². The minimum Gasteiger partial charge on any atom is -0.496 e. The SMILES string of the molecule is COc1cccc2c1CC(C(=O)N1CCC(c3nccn3Cc3ccc(C(C)C)cc3)CC1)CC2. The van der Waals surface area contributed by atoms with E-state index < -0.39 is 0 Å². The van der Waals surface area contributed by atoms with Crippen molar-refractivity contribution in [2.45, 2.75) is 64.3 Å². The molecular weight excluding hydrogens is 434 g/mol. The van der Waals surface area contributed by atoms with Crippen LogP contribution in [-0.2, 0) is 24.2 Å². The Balaban J connectivity index is 1.20. The van der Waals surface area contributed by atoms with Crippen LogP contribution in [0.1, 0.15) is 73.0 Å². The van der Waals surface area contributed by atoms with Gasteiger partial charge < -0.3 is 14.2 Å². The number of aromatic nitrogens is 2. The summed E-state index contributed by atoms with van der Waals surface area (Å²) in [5.41, 5.74) is 5.22. The number of methoxy groups -OCH3 is 1. The number of hydrogen-bond acceptors (Lipinski definition) is 3. The molecule has 1 fully saturated rings. The summed E-state index contributed by atoms with van der Waals surface area (Å²) < 4.78 is 7.87. The summed E-state index contributed by atoms with van der Waals surface area (Å²) in [5.74, 6) is 3.40. The van der Waals surface area contributed by atoms with Gasteiger partial charge in [0.15, 0.2) is 0 Å². The molecule has 0 bridgehead atoms. The zero-order valence-electron chi connectivity index (χ0n) is 21.2. The summed E-state index contributed by atoms with van der Waals surface area (Å²) >= 11 is 0. The minimum absolute atomic E-state index is 0.0612. The number of aryl methyl sites for hydroxylation is 1. The molecule has 1 saturated heterocycles. The zero-order chi connectivity index (χ0) is 24.4. The highest BCUT2D eigenvalue weighted by Crippen LogP contribution is 2.34. The first-order valence-electron chi connectivity index (χ1n) is 13.1. The molecule has 2 heterocycles. The number of amides is 1. The maximum atomic E-state index is 13.4. The topological polar surface area (TPSA) is 47.4 Å². The highest BCUT2D eigenvalue weighted by atomic mass is 16.5. The number of ether oxygens (including phenoxy) is 1. The lowest BCUT2D eigenvalue weighted by Crippen LogP contribution is -2.43. The molecule has 5 heteroatoms. The van der Waals surface area contributed by atoms with Crippen molar-refractivity contribution in [3.63, 3.8) is 0 Å². The lowest BCUT2D eigenvalue weighted by atomic mass is 9.82. The summed E-state index contributed by atoms with van der Waals surface area (Å²) in [6, 6.07) is 15.2.